The zero-order chi connectivity index (χ0) is 15.0. The van der Waals surface area contributed by atoms with E-state index < -0.39 is 6.03 Å². The minimum atomic E-state index is -0.397. The third kappa shape index (κ3) is 6.86. The number of likely N-dealkylation sites (N-methyl/N-ethyl adjacent to an activating group) is 1. The van der Waals surface area contributed by atoms with Crippen molar-refractivity contribution in [3.8, 4) is 0 Å². The summed E-state index contributed by atoms with van der Waals surface area (Å²) in [6.07, 6.45) is 3.14. The number of rotatable bonds is 6. The number of imide groups is 1. The lowest BCUT2D eigenvalue weighted by Crippen LogP contribution is -2.49. The number of carbonyl (C=O) groups excluding carboxylic acids is 2. The van der Waals surface area contributed by atoms with E-state index in [9.17, 15) is 9.59 Å². The molecular weight excluding hydrogens is 256 g/mol. The molecular formula is C14H28N4O2. The van der Waals surface area contributed by atoms with E-state index in [1.54, 1.807) is 0 Å². The monoisotopic (exact) mass is 284 g/mol. The van der Waals surface area contributed by atoms with Crippen LogP contribution in [0.3, 0.4) is 0 Å². The van der Waals surface area contributed by atoms with Crippen molar-refractivity contribution in [2.24, 2.45) is 5.92 Å². The van der Waals surface area contributed by atoms with Crippen LogP contribution in [0.1, 0.15) is 33.1 Å². The molecule has 1 saturated heterocycles. The molecule has 0 saturated carbocycles. The molecule has 20 heavy (non-hydrogen) atoms. The second-order valence-corrected chi connectivity index (χ2v) is 5.90. The fourth-order valence-corrected chi connectivity index (χ4v) is 2.25. The average molecular weight is 284 g/mol. The van der Waals surface area contributed by atoms with Crippen molar-refractivity contribution in [1.82, 2.24) is 20.9 Å². The van der Waals surface area contributed by atoms with E-state index >= 15 is 0 Å². The Labute approximate surface area is 121 Å². The van der Waals surface area contributed by atoms with Crippen molar-refractivity contribution < 1.29 is 9.59 Å². The lowest BCUT2D eigenvalue weighted by molar-refractivity contribution is -0.121. The molecule has 0 spiro atoms. The van der Waals surface area contributed by atoms with Crippen molar-refractivity contribution in [3.05, 3.63) is 0 Å². The van der Waals surface area contributed by atoms with Crippen LogP contribution in [0.15, 0.2) is 0 Å². The fourth-order valence-electron chi connectivity index (χ4n) is 2.25. The van der Waals surface area contributed by atoms with E-state index in [0.29, 0.717) is 18.5 Å². The SMILES string of the molecule is CC(C)CCNC(=O)NC(=O)CN(C)C1CCCNC1. The summed E-state index contributed by atoms with van der Waals surface area (Å²) < 4.78 is 0. The number of hydrogen-bond acceptors (Lipinski definition) is 4. The predicted octanol–water partition coefficient (Wildman–Crippen LogP) is 0.542. The standard InChI is InChI=1S/C14H28N4O2/c1-11(2)6-8-16-14(20)17-13(19)10-18(3)12-5-4-7-15-9-12/h11-12,15H,4-10H2,1-3H3,(H2,16,17,19,20). The summed E-state index contributed by atoms with van der Waals surface area (Å²) >= 11 is 0. The summed E-state index contributed by atoms with van der Waals surface area (Å²) in [5.74, 6) is 0.288. The highest BCUT2D eigenvalue weighted by molar-refractivity contribution is 5.95. The number of urea groups is 1. The van der Waals surface area contributed by atoms with Crippen LogP contribution in [0.2, 0.25) is 0 Å². The average Bonchev–Trinajstić information content (AvgIpc) is 2.38. The summed E-state index contributed by atoms with van der Waals surface area (Å²) in [5.41, 5.74) is 0. The molecule has 116 valence electrons. The van der Waals surface area contributed by atoms with Gasteiger partial charge in [-0.2, -0.15) is 0 Å². The van der Waals surface area contributed by atoms with E-state index in [1.165, 1.54) is 0 Å². The van der Waals surface area contributed by atoms with Gasteiger partial charge in [0, 0.05) is 19.1 Å². The zero-order valence-electron chi connectivity index (χ0n) is 12.9. The Balaban J connectivity index is 2.19. The Bertz CT molecular complexity index is 314. The first-order chi connectivity index (χ1) is 9.49. The molecule has 1 aliphatic rings. The van der Waals surface area contributed by atoms with Gasteiger partial charge in [-0.25, -0.2) is 4.79 Å². The quantitative estimate of drug-likeness (QED) is 0.666. The van der Waals surface area contributed by atoms with Gasteiger partial charge >= 0.3 is 6.03 Å². The fraction of sp³-hybridized carbons (Fsp3) is 0.857. The number of piperidine rings is 1. The second kappa shape index (κ2) is 8.92. The maximum absolute atomic E-state index is 11.8. The maximum atomic E-state index is 11.8. The maximum Gasteiger partial charge on any atom is 0.321 e. The zero-order valence-corrected chi connectivity index (χ0v) is 12.9. The minimum absolute atomic E-state index is 0.250. The predicted molar refractivity (Wildman–Crippen MR) is 79.5 cm³/mol. The van der Waals surface area contributed by atoms with Crippen LogP contribution < -0.4 is 16.0 Å². The van der Waals surface area contributed by atoms with Crippen molar-refractivity contribution in [2.45, 2.75) is 39.2 Å². The molecule has 3 amide bonds. The topological polar surface area (TPSA) is 73.5 Å². The van der Waals surface area contributed by atoms with E-state index in [-0.39, 0.29) is 12.5 Å². The first-order valence-electron chi connectivity index (χ1n) is 7.47. The van der Waals surface area contributed by atoms with E-state index in [2.05, 4.69) is 29.8 Å². The van der Waals surface area contributed by atoms with Crippen molar-refractivity contribution in [3.63, 3.8) is 0 Å². The molecule has 0 bridgehead atoms. The van der Waals surface area contributed by atoms with Gasteiger partial charge in [0.2, 0.25) is 5.91 Å². The molecule has 0 aromatic rings. The number of nitrogens with one attached hydrogen (secondary N) is 3. The molecule has 0 radical (unpaired) electrons. The van der Waals surface area contributed by atoms with Crippen LogP contribution in [0.4, 0.5) is 4.79 Å². The van der Waals surface area contributed by atoms with Gasteiger partial charge in [0.1, 0.15) is 0 Å². The third-order valence-electron chi connectivity index (χ3n) is 3.55. The summed E-state index contributed by atoms with van der Waals surface area (Å²) in [5, 5.41) is 8.38. The Morgan fingerprint density at radius 2 is 2.15 bits per heavy atom. The minimum Gasteiger partial charge on any atom is -0.338 e. The molecule has 3 N–H and O–H groups in total. The summed E-state index contributed by atoms with van der Waals surface area (Å²) in [4.78, 5) is 25.3. The summed E-state index contributed by atoms with van der Waals surface area (Å²) in [7, 11) is 1.92. The van der Waals surface area contributed by atoms with Gasteiger partial charge < -0.3 is 10.6 Å². The summed E-state index contributed by atoms with van der Waals surface area (Å²) in [6.45, 7) is 7.00. The van der Waals surface area contributed by atoms with Gasteiger partial charge in [0.25, 0.3) is 0 Å². The highest BCUT2D eigenvalue weighted by Gasteiger charge is 2.20. The van der Waals surface area contributed by atoms with Gasteiger partial charge in [-0.15, -0.1) is 0 Å². The summed E-state index contributed by atoms with van der Waals surface area (Å²) in [6, 6.07) is -0.0238. The molecule has 6 heteroatoms. The molecule has 1 rings (SSSR count). The second-order valence-electron chi connectivity index (χ2n) is 5.90. The first kappa shape index (κ1) is 16.9. The Morgan fingerprint density at radius 1 is 1.40 bits per heavy atom. The molecule has 1 heterocycles. The Hall–Kier alpha value is -1.14. The Morgan fingerprint density at radius 3 is 2.75 bits per heavy atom. The van der Waals surface area contributed by atoms with Gasteiger partial charge in [-0.3, -0.25) is 15.0 Å². The molecule has 1 aliphatic heterocycles. The van der Waals surface area contributed by atoms with E-state index in [1.807, 2.05) is 11.9 Å². The van der Waals surface area contributed by atoms with Crippen LogP contribution in [0.5, 0.6) is 0 Å². The van der Waals surface area contributed by atoms with Crippen molar-refractivity contribution in [1.29, 1.82) is 0 Å². The lowest BCUT2D eigenvalue weighted by atomic mass is 10.1. The van der Waals surface area contributed by atoms with E-state index in [4.69, 9.17) is 0 Å². The van der Waals surface area contributed by atoms with E-state index in [0.717, 1.165) is 32.4 Å². The van der Waals surface area contributed by atoms with Crippen LogP contribution in [0.25, 0.3) is 0 Å². The van der Waals surface area contributed by atoms with Crippen molar-refractivity contribution >= 4 is 11.9 Å². The number of hydrogen-bond donors (Lipinski definition) is 3. The Kier molecular flexibility index (Phi) is 7.54. The highest BCUT2D eigenvalue weighted by Crippen LogP contribution is 2.07. The third-order valence-corrected chi connectivity index (χ3v) is 3.55. The number of carbonyl (C=O) groups is 2. The van der Waals surface area contributed by atoms with Gasteiger partial charge in [-0.05, 0) is 38.8 Å². The van der Waals surface area contributed by atoms with Gasteiger partial charge in [0.15, 0.2) is 0 Å². The van der Waals surface area contributed by atoms with Crippen LogP contribution in [-0.4, -0.2) is 56.1 Å². The normalized spacial score (nSPS) is 19.1. The molecule has 0 aliphatic carbocycles. The first-order valence-corrected chi connectivity index (χ1v) is 7.47. The molecule has 0 aromatic heterocycles. The van der Waals surface area contributed by atoms with Gasteiger partial charge in [-0.1, -0.05) is 13.8 Å². The highest BCUT2D eigenvalue weighted by atomic mass is 16.2. The van der Waals surface area contributed by atoms with Crippen LogP contribution in [-0.2, 0) is 4.79 Å². The largest absolute Gasteiger partial charge is 0.338 e. The van der Waals surface area contributed by atoms with Gasteiger partial charge in [0.05, 0.1) is 6.54 Å². The van der Waals surface area contributed by atoms with Crippen molar-refractivity contribution in [2.75, 3.05) is 33.2 Å². The number of amides is 3. The smallest absolute Gasteiger partial charge is 0.321 e. The number of nitrogens with zero attached hydrogens (tertiary/aromatic N) is 1. The van der Waals surface area contributed by atoms with Crippen LogP contribution in [0, 0.1) is 5.92 Å². The molecule has 1 fully saturated rings. The molecule has 6 nitrogen and oxygen atoms in total. The van der Waals surface area contributed by atoms with Crippen LogP contribution >= 0.6 is 0 Å². The molecule has 0 aromatic carbocycles. The molecule has 1 atom stereocenters. The lowest BCUT2D eigenvalue weighted by Gasteiger charge is -2.31. The molecule has 1 unspecified atom stereocenters.